The van der Waals surface area contributed by atoms with Gasteiger partial charge in [-0.15, -0.1) is 0 Å². The van der Waals surface area contributed by atoms with Crippen molar-refractivity contribution >= 4 is 11.8 Å². The molecule has 0 fully saturated rings. The maximum Gasteiger partial charge on any atom is 0.320 e. The van der Waals surface area contributed by atoms with Crippen molar-refractivity contribution in [3.8, 4) is 0 Å². The molecule has 0 aliphatic rings. The number of anilines is 1. The van der Waals surface area contributed by atoms with E-state index in [4.69, 9.17) is 5.11 Å². The lowest BCUT2D eigenvalue weighted by atomic mass is 10.3. The first-order chi connectivity index (χ1) is 7.58. The summed E-state index contributed by atoms with van der Waals surface area (Å²) in [6.07, 6.45) is 1.77. The first kappa shape index (κ1) is 12.4. The monoisotopic (exact) mass is 223 g/mol. The minimum atomic E-state index is -0.405. The van der Waals surface area contributed by atoms with Crippen molar-refractivity contribution in [3.63, 3.8) is 0 Å². The smallest absolute Gasteiger partial charge is 0.320 e. The van der Waals surface area contributed by atoms with E-state index in [1.807, 2.05) is 13.0 Å². The highest BCUT2D eigenvalue weighted by atomic mass is 16.3. The molecule has 0 spiro atoms. The zero-order chi connectivity index (χ0) is 12.0. The fourth-order valence-corrected chi connectivity index (χ4v) is 1.16. The van der Waals surface area contributed by atoms with Crippen molar-refractivity contribution in [2.45, 2.75) is 26.4 Å². The Morgan fingerprint density at radius 3 is 3.00 bits per heavy atom. The molecule has 5 nitrogen and oxygen atoms in total. The van der Waals surface area contributed by atoms with Gasteiger partial charge < -0.3 is 10.4 Å². The van der Waals surface area contributed by atoms with Crippen LogP contribution < -0.4 is 10.6 Å². The van der Waals surface area contributed by atoms with E-state index >= 15 is 0 Å². The number of carbonyl (C=O) groups is 1. The van der Waals surface area contributed by atoms with Crippen LogP contribution in [0.5, 0.6) is 0 Å². The van der Waals surface area contributed by atoms with Crippen molar-refractivity contribution in [1.82, 2.24) is 10.3 Å². The van der Waals surface area contributed by atoms with Crippen molar-refractivity contribution in [2.24, 2.45) is 0 Å². The van der Waals surface area contributed by atoms with Crippen LogP contribution >= 0.6 is 0 Å². The fraction of sp³-hybridized carbons (Fsp3) is 0.455. The number of amides is 2. The average Bonchev–Trinajstić information content (AvgIpc) is 2.16. The number of hydrogen-bond acceptors (Lipinski definition) is 3. The molecule has 1 aromatic rings. The average molecular weight is 223 g/mol. The van der Waals surface area contributed by atoms with Gasteiger partial charge in [-0.25, -0.2) is 9.78 Å². The van der Waals surface area contributed by atoms with E-state index in [-0.39, 0.29) is 6.03 Å². The van der Waals surface area contributed by atoms with Gasteiger partial charge in [0.25, 0.3) is 0 Å². The van der Waals surface area contributed by atoms with Crippen LogP contribution in [0.15, 0.2) is 18.3 Å². The molecular weight excluding hydrogens is 206 g/mol. The summed E-state index contributed by atoms with van der Waals surface area (Å²) < 4.78 is 0. The summed E-state index contributed by atoms with van der Waals surface area (Å²) in [5.74, 6) is 0.523. The summed E-state index contributed by atoms with van der Waals surface area (Å²) in [6, 6.07) is 3.34. The number of pyridine rings is 1. The third-order valence-corrected chi connectivity index (χ3v) is 2.00. The molecule has 0 aromatic carbocycles. The Morgan fingerprint density at radius 2 is 2.38 bits per heavy atom. The van der Waals surface area contributed by atoms with E-state index in [0.29, 0.717) is 18.8 Å². The molecule has 0 saturated heterocycles. The molecule has 5 heteroatoms. The van der Waals surface area contributed by atoms with E-state index < -0.39 is 6.10 Å². The maximum atomic E-state index is 11.4. The van der Waals surface area contributed by atoms with Gasteiger partial charge in [0, 0.05) is 12.7 Å². The molecular formula is C11H17N3O2. The minimum absolute atomic E-state index is 0.307. The Hall–Kier alpha value is -1.62. The number of hydrogen-bond donors (Lipinski definition) is 3. The summed E-state index contributed by atoms with van der Waals surface area (Å²) in [5, 5.41) is 14.3. The van der Waals surface area contributed by atoms with Crippen molar-refractivity contribution in [1.29, 1.82) is 0 Å². The van der Waals surface area contributed by atoms with Gasteiger partial charge in [-0.3, -0.25) is 5.32 Å². The predicted molar refractivity (Wildman–Crippen MR) is 62.3 cm³/mol. The standard InChI is InChI=1S/C11H17N3O2/c1-8-3-5-12-10(7-8)14-11(16)13-6-4-9(2)15/h3,5,7,9,15H,4,6H2,1-2H3,(H2,12,13,14,16)/t9-/m0/s1. The third-order valence-electron chi connectivity index (χ3n) is 2.00. The van der Waals surface area contributed by atoms with Gasteiger partial charge in [0.2, 0.25) is 0 Å². The summed E-state index contributed by atoms with van der Waals surface area (Å²) in [7, 11) is 0. The lowest BCUT2D eigenvalue weighted by Crippen LogP contribution is -2.31. The van der Waals surface area contributed by atoms with Gasteiger partial charge >= 0.3 is 6.03 Å². The van der Waals surface area contributed by atoms with Crippen molar-refractivity contribution in [2.75, 3.05) is 11.9 Å². The zero-order valence-corrected chi connectivity index (χ0v) is 9.53. The van der Waals surface area contributed by atoms with Crippen LogP contribution in [0.4, 0.5) is 10.6 Å². The van der Waals surface area contributed by atoms with Crippen LogP contribution in [0.2, 0.25) is 0 Å². The Morgan fingerprint density at radius 1 is 1.62 bits per heavy atom. The summed E-state index contributed by atoms with van der Waals surface area (Å²) in [4.78, 5) is 15.4. The van der Waals surface area contributed by atoms with Gasteiger partial charge in [-0.2, -0.15) is 0 Å². The quantitative estimate of drug-likeness (QED) is 0.720. The number of nitrogens with zero attached hydrogens (tertiary/aromatic N) is 1. The summed E-state index contributed by atoms with van der Waals surface area (Å²) in [6.45, 7) is 4.05. The largest absolute Gasteiger partial charge is 0.393 e. The highest BCUT2D eigenvalue weighted by molar-refractivity contribution is 5.88. The van der Waals surface area contributed by atoms with Gasteiger partial charge in [0.05, 0.1) is 6.10 Å². The SMILES string of the molecule is Cc1ccnc(NC(=O)NCC[C@H](C)O)c1. The number of aliphatic hydroxyl groups excluding tert-OH is 1. The van der Waals surface area contributed by atoms with Gasteiger partial charge in [0.1, 0.15) is 5.82 Å². The summed E-state index contributed by atoms with van der Waals surface area (Å²) >= 11 is 0. The second kappa shape index (κ2) is 6.07. The molecule has 16 heavy (non-hydrogen) atoms. The molecule has 2 amide bonds. The van der Waals surface area contributed by atoms with Crippen molar-refractivity contribution < 1.29 is 9.90 Å². The van der Waals surface area contributed by atoms with Crippen LogP contribution in [0.1, 0.15) is 18.9 Å². The summed E-state index contributed by atoms with van der Waals surface area (Å²) in [5.41, 5.74) is 1.04. The molecule has 3 N–H and O–H groups in total. The molecule has 0 aliphatic heterocycles. The molecule has 1 aromatic heterocycles. The Labute approximate surface area is 94.9 Å². The van der Waals surface area contributed by atoms with Gasteiger partial charge in [0.15, 0.2) is 0 Å². The highest BCUT2D eigenvalue weighted by Gasteiger charge is 2.02. The van der Waals surface area contributed by atoms with E-state index in [1.54, 1.807) is 19.2 Å². The number of aryl methyl sites for hydroxylation is 1. The number of urea groups is 1. The molecule has 0 aliphatic carbocycles. The second-order valence-electron chi connectivity index (χ2n) is 3.74. The van der Waals surface area contributed by atoms with E-state index in [9.17, 15) is 4.79 Å². The first-order valence-electron chi connectivity index (χ1n) is 5.23. The topological polar surface area (TPSA) is 74.2 Å². The third kappa shape index (κ3) is 4.75. The van der Waals surface area contributed by atoms with Crippen LogP contribution in [0.3, 0.4) is 0 Å². The van der Waals surface area contributed by atoms with E-state index in [0.717, 1.165) is 5.56 Å². The molecule has 1 atom stereocenters. The van der Waals surface area contributed by atoms with Crippen LogP contribution in [-0.2, 0) is 0 Å². The molecule has 0 saturated carbocycles. The van der Waals surface area contributed by atoms with Crippen LogP contribution in [0.25, 0.3) is 0 Å². The first-order valence-corrected chi connectivity index (χ1v) is 5.23. The fourth-order valence-electron chi connectivity index (χ4n) is 1.16. The van der Waals surface area contributed by atoms with Crippen LogP contribution in [-0.4, -0.2) is 28.8 Å². The molecule has 1 heterocycles. The molecule has 88 valence electrons. The normalized spacial score (nSPS) is 11.9. The maximum absolute atomic E-state index is 11.4. The highest BCUT2D eigenvalue weighted by Crippen LogP contribution is 2.04. The lowest BCUT2D eigenvalue weighted by molar-refractivity contribution is 0.184. The van der Waals surface area contributed by atoms with E-state index in [2.05, 4.69) is 15.6 Å². The number of nitrogens with one attached hydrogen (secondary N) is 2. The minimum Gasteiger partial charge on any atom is -0.393 e. The Balaban J connectivity index is 2.34. The number of carbonyl (C=O) groups excluding carboxylic acids is 1. The lowest BCUT2D eigenvalue weighted by Gasteiger charge is -2.08. The molecule has 0 radical (unpaired) electrons. The number of aliphatic hydroxyl groups is 1. The van der Waals surface area contributed by atoms with Gasteiger partial charge in [-0.1, -0.05) is 0 Å². The Bertz CT molecular complexity index is 353. The Kier molecular flexibility index (Phi) is 4.72. The predicted octanol–water partition coefficient (Wildman–Crippen LogP) is 1.28. The van der Waals surface area contributed by atoms with Crippen LogP contribution in [0, 0.1) is 6.92 Å². The second-order valence-corrected chi connectivity index (χ2v) is 3.74. The zero-order valence-electron chi connectivity index (χ0n) is 9.53. The molecule has 1 rings (SSSR count). The number of rotatable bonds is 4. The van der Waals surface area contributed by atoms with Gasteiger partial charge in [-0.05, 0) is 38.0 Å². The van der Waals surface area contributed by atoms with Crippen molar-refractivity contribution in [3.05, 3.63) is 23.9 Å². The molecule has 0 bridgehead atoms. The number of aromatic nitrogens is 1. The van der Waals surface area contributed by atoms with E-state index in [1.165, 1.54) is 0 Å². The molecule has 0 unspecified atom stereocenters.